The normalized spacial score (nSPS) is 10.3. The zero-order valence-corrected chi connectivity index (χ0v) is 12.8. The summed E-state index contributed by atoms with van der Waals surface area (Å²) in [7, 11) is 0. The maximum absolute atomic E-state index is 12.2. The molecule has 0 spiro atoms. The van der Waals surface area contributed by atoms with E-state index in [9.17, 15) is 4.79 Å². The number of carbonyl (C=O) groups excluding carboxylic acids is 1. The van der Waals surface area contributed by atoms with Crippen LogP contribution in [0.3, 0.4) is 0 Å². The molecule has 2 heterocycles. The van der Waals surface area contributed by atoms with E-state index in [1.165, 1.54) is 0 Å². The van der Waals surface area contributed by atoms with Crippen LogP contribution < -0.4 is 4.74 Å². The highest BCUT2D eigenvalue weighted by Gasteiger charge is 2.12. The summed E-state index contributed by atoms with van der Waals surface area (Å²) in [5.74, 6) is 0.635. The largest absolute Gasteiger partial charge is 0.492 e. The van der Waals surface area contributed by atoms with Gasteiger partial charge < -0.3 is 4.74 Å². The molecule has 0 aliphatic rings. The van der Waals surface area contributed by atoms with Crippen molar-refractivity contribution in [2.24, 2.45) is 0 Å². The number of nitrogens with zero attached hydrogens (tertiary/aromatic N) is 1. The lowest BCUT2D eigenvalue weighted by molar-refractivity contribution is 0.103. The summed E-state index contributed by atoms with van der Waals surface area (Å²) in [6.07, 6.45) is 4.14. The molecule has 0 radical (unpaired) electrons. The maximum atomic E-state index is 12.2. The molecule has 0 aliphatic carbocycles. The highest BCUT2D eigenvalue weighted by Crippen LogP contribution is 2.21. The van der Waals surface area contributed by atoms with Gasteiger partial charge >= 0.3 is 0 Å². The lowest BCUT2D eigenvalue weighted by atomic mass is 10.1. The third-order valence-electron chi connectivity index (χ3n) is 2.28. The number of rotatable bonds is 5. The van der Waals surface area contributed by atoms with E-state index in [1.807, 2.05) is 18.4 Å². The Morgan fingerprint density at radius 3 is 2.89 bits per heavy atom. The van der Waals surface area contributed by atoms with Crippen molar-refractivity contribution < 1.29 is 9.53 Å². The van der Waals surface area contributed by atoms with E-state index in [0.717, 1.165) is 9.30 Å². The Morgan fingerprint density at radius 1 is 1.39 bits per heavy atom. The van der Waals surface area contributed by atoms with Crippen LogP contribution in [0.25, 0.3) is 0 Å². The van der Waals surface area contributed by atoms with Gasteiger partial charge in [0.2, 0.25) is 0 Å². The molecule has 0 atom stereocenters. The van der Waals surface area contributed by atoms with Crippen LogP contribution in [-0.4, -0.2) is 17.4 Å². The number of carbonyl (C=O) groups is 1. The molecule has 0 saturated carbocycles. The van der Waals surface area contributed by atoms with Gasteiger partial charge in [-0.3, -0.25) is 9.78 Å². The van der Waals surface area contributed by atoms with Crippen molar-refractivity contribution in [3.8, 4) is 5.75 Å². The number of thiophene rings is 1. The van der Waals surface area contributed by atoms with Gasteiger partial charge in [0.15, 0.2) is 5.78 Å². The second-order valence-corrected chi connectivity index (χ2v) is 6.53. The quantitative estimate of drug-likeness (QED) is 0.592. The summed E-state index contributed by atoms with van der Waals surface area (Å²) in [6.45, 7) is 2.67. The van der Waals surface area contributed by atoms with Gasteiger partial charge in [-0.15, -0.1) is 11.3 Å². The van der Waals surface area contributed by atoms with Crippen LogP contribution in [0.15, 0.2) is 29.9 Å². The van der Waals surface area contributed by atoms with E-state index >= 15 is 0 Å². The Balaban J connectivity index is 2.20. The highest BCUT2D eigenvalue weighted by atomic mass is 127. The van der Waals surface area contributed by atoms with Crippen LogP contribution >= 0.6 is 33.9 Å². The van der Waals surface area contributed by atoms with E-state index in [0.29, 0.717) is 23.5 Å². The number of ether oxygens (including phenoxy) is 1. The lowest BCUT2D eigenvalue weighted by Gasteiger charge is -2.05. The van der Waals surface area contributed by atoms with Gasteiger partial charge in [-0.25, -0.2) is 0 Å². The van der Waals surface area contributed by atoms with Crippen molar-refractivity contribution >= 4 is 39.7 Å². The summed E-state index contributed by atoms with van der Waals surface area (Å²) < 4.78 is 6.57. The van der Waals surface area contributed by atoms with E-state index in [-0.39, 0.29) is 5.78 Å². The molecule has 94 valence electrons. The minimum absolute atomic E-state index is 0.0105. The van der Waals surface area contributed by atoms with Crippen molar-refractivity contribution in [2.45, 2.75) is 13.3 Å². The van der Waals surface area contributed by atoms with Gasteiger partial charge in [-0.2, -0.15) is 0 Å². The third kappa shape index (κ3) is 3.29. The molecule has 0 bridgehead atoms. The molecule has 0 amide bonds. The number of pyridine rings is 1. The number of halogens is 1. The van der Waals surface area contributed by atoms with Crippen molar-refractivity contribution in [3.63, 3.8) is 0 Å². The molecule has 2 aromatic heterocycles. The van der Waals surface area contributed by atoms with E-state index in [1.54, 1.807) is 29.8 Å². The second kappa shape index (κ2) is 6.29. The molecule has 0 N–H and O–H groups in total. The van der Waals surface area contributed by atoms with Gasteiger partial charge in [-0.1, -0.05) is 6.92 Å². The van der Waals surface area contributed by atoms with Crippen LogP contribution in [0.5, 0.6) is 5.75 Å². The third-order valence-corrected chi connectivity index (χ3v) is 4.07. The fourth-order valence-corrected chi connectivity index (χ4v) is 2.76. The summed E-state index contributed by atoms with van der Waals surface area (Å²) in [4.78, 5) is 16.2. The van der Waals surface area contributed by atoms with Crippen molar-refractivity contribution in [2.75, 3.05) is 6.61 Å². The minimum atomic E-state index is -0.0105. The first kappa shape index (κ1) is 13.5. The second-order valence-electron chi connectivity index (χ2n) is 3.73. The Kier molecular flexibility index (Phi) is 4.71. The van der Waals surface area contributed by atoms with Crippen molar-refractivity contribution in [3.05, 3.63) is 43.9 Å². The van der Waals surface area contributed by atoms with Crippen LogP contribution in [0.1, 0.15) is 29.3 Å². The molecule has 18 heavy (non-hydrogen) atoms. The molecule has 2 rings (SSSR count). The molecule has 0 unspecified atom stereocenters. The van der Waals surface area contributed by atoms with Gasteiger partial charge in [-0.05, 0) is 41.1 Å². The summed E-state index contributed by atoms with van der Waals surface area (Å²) >= 11 is 3.76. The Hall–Kier alpha value is -0.950. The fraction of sp³-hybridized carbons (Fsp3) is 0.231. The Labute approximate surface area is 123 Å². The summed E-state index contributed by atoms with van der Waals surface area (Å²) in [5, 5.41) is 1.86. The summed E-state index contributed by atoms with van der Waals surface area (Å²) in [6, 6.07) is 3.63. The minimum Gasteiger partial charge on any atom is -0.492 e. The van der Waals surface area contributed by atoms with E-state index in [2.05, 4.69) is 27.6 Å². The number of ketones is 1. The Morgan fingerprint density at radius 2 is 2.22 bits per heavy atom. The van der Waals surface area contributed by atoms with Crippen LogP contribution in [-0.2, 0) is 0 Å². The smallest absolute Gasteiger partial charge is 0.195 e. The van der Waals surface area contributed by atoms with Crippen LogP contribution in [0.4, 0.5) is 0 Å². The lowest BCUT2D eigenvalue weighted by Crippen LogP contribution is -2.02. The average Bonchev–Trinajstić information content (AvgIpc) is 2.82. The maximum Gasteiger partial charge on any atom is 0.195 e. The van der Waals surface area contributed by atoms with Gasteiger partial charge in [0.25, 0.3) is 0 Å². The zero-order chi connectivity index (χ0) is 13.0. The molecule has 3 nitrogen and oxygen atoms in total. The zero-order valence-electron chi connectivity index (χ0n) is 9.85. The van der Waals surface area contributed by atoms with Crippen LogP contribution in [0, 0.1) is 2.88 Å². The van der Waals surface area contributed by atoms with E-state index < -0.39 is 0 Å². The molecule has 5 heteroatoms. The first-order valence-electron chi connectivity index (χ1n) is 5.57. The van der Waals surface area contributed by atoms with E-state index in [4.69, 9.17) is 4.74 Å². The molecule has 0 saturated heterocycles. The molecular formula is C13H12INO2S. The predicted octanol–water partition coefficient (Wildman–Crippen LogP) is 3.77. The predicted molar refractivity (Wildman–Crippen MR) is 80.5 cm³/mol. The topological polar surface area (TPSA) is 39.2 Å². The van der Waals surface area contributed by atoms with Crippen molar-refractivity contribution in [1.29, 1.82) is 0 Å². The first-order chi connectivity index (χ1) is 8.70. The average molecular weight is 373 g/mol. The Bertz CT molecular complexity index is 553. The molecule has 0 aliphatic heterocycles. The number of hydrogen-bond donors (Lipinski definition) is 0. The van der Waals surface area contributed by atoms with Crippen molar-refractivity contribution in [1.82, 2.24) is 4.98 Å². The number of aromatic nitrogens is 1. The molecule has 2 aromatic rings. The standard InChI is InChI=1S/C13H12INO2S/c1-2-3-17-11-4-9(6-15-7-11)13(16)10-5-12(14)18-8-10/h4-8H,2-3H2,1H3. The molecular weight excluding hydrogens is 361 g/mol. The van der Waals surface area contributed by atoms with Gasteiger partial charge in [0.1, 0.15) is 5.75 Å². The highest BCUT2D eigenvalue weighted by molar-refractivity contribution is 14.1. The fourth-order valence-electron chi connectivity index (χ4n) is 1.44. The molecule has 0 fully saturated rings. The number of hydrogen-bond acceptors (Lipinski definition) is 4. The van der Waals surface area contributed by atoms with Gasteiger partial charge in [0, 0.05) is 22.7 Å². The monoisotopic (exact) mass is 373 g/mol. The SMILES string of the molecule is CCCOc1cncc(C(=O)c2csc(I)c2)c1. The van der Waals surface area contributed by atoms with Crippen LogP contribution in [0.2, 0.25) is 0 Å². The van der Waals surface area contributed by atoms with Gasteiger partial charge in [0.05, 0.1) is 15.7 Å². The molecule has 0 aromatic carbocycles. The summed E-state index contributed by atoms with van der Waals surface area (Å²) in [5.41, 5.74) is 1.27. The first-order valence-corrected chi connectivity index (χ1v) is 7.53.